The van der Waals surface area contributed by atoms with E-state index in [2.05, 4.69) is 65.0 Å². The molecule has 0 aliphatic heterocycles. The zero-order valence-corrected chi connectivity index (χ0v) is 13.8. The van der Waals surface area contributed by atoms with Crippen molar-refractivity contribution in [3.8, 4) is 5.75 Å². The fraction of sp³-hybridized carbons (Fsp3) is 0.294. The van der Waals surface area contributed by atoms with Gasteiger partial charge in [0.1, 0.15) is 5.75 Å². The van der Waals surface area contributed by atoms with E-state index in [1.165, 1.54) is 16.8 Å². The number of hydrogen-bond donors (Lipinski definition) is 0. The second kappa shape index (κ2) is 6.80. The van der Waals surface area contributed by atoms with Gasteiger partial charge in [0.25, 0.3) is 0 Å². The van der Waals surface area contributed by atoms with Crippen molar-refractivity contribution in [3.63, 3.8) is 0 Å². The van der Waals surface area contributed by atoms with Gasteiger partial charge in [0, 0.05) is 28.8 Å². The molecule has 2 nitrogen and oxygen atoms in total. The van der Waals surface area contributed by atoms with Crippen LogP contribution in [0.5, 0.6) is 5.75 Å². The van der Waals surface area contributed by atoms with E-state index in [9.17, 15) is 0 Å². The lowest BCUT2D eigenvalue weighted by Gasteiger charge is -2.24. The average molecular weight is 334 g/mol. The fourth-order valence-corrected chi connectivity index (χ4v) is 2.63. The van der Waals surface area contributed by atoms with Crippen molar-refractivity contribution in [1.82, 2.24) is 0 Å². The summed E-state index contributed by atoms with van der Waals surface area (Å²) < 4.78 is 6.53. The summed E-state index contributed by atoms with van der Waals surface area (Å²) in [6.07, 6.45) is 0. The molecule has 3 heteroatoms. The monoisotopic (exact) mass is 333 g/mol. The van der Waals surface area contributed by atoms with E-state index >= 15 is 0 Å². The molecule has 0 aliphatic rings. The normalized spacial score (nSPS) is 10.4. The molecule has 0 heterocycles. The van der Waals surface area contributed by atoms with E-state index < -0.39 is 0 Å². The van der Waals surface area contributed by atoms with Gasteiger partial charge in [-0.25, -0.2) is 0 Å². The molecule has 2 rings (SSSR count). The minimum atomic E-state index is 0.835. The van der Waals surface area contributed by atoms with Gasteiger partial charge in [-0.1, -0.05) is 33.6 Å². The van der Waals surface area contributed by atoms with Gasteiger partial charge in [-0.05, 0) is 44.2 Å². The van der Waals surface area contributed by atoms with Crippen molar-refractivity contribution in [2.24, 2.45) is 0 Å². The third-order valence-electron chi connectivity index (χ3n) is 3.38. The Bertz CT molecular complexity index is 566. The fourth-order valence-electron chi connectivity index (χ4n) is 2.22. The molecule has 0 fully saturated rings. The van der Waals surface area contributed by atoms with E-state index in [1.54, 1.807) is 7.11 Å². The zero-order valence-electron chi connectivity index (χ0n) is 12.2. The Balaban J connectivity index is 2.26. The first-order valence-electron chi connectivity index (χ1n) is 6.78. The quantitative estimate of drug-likeness (QED) is 0.779. The van der Waals surface area contributed by atoms with Crippen LogP contribution in [0, 0.1) is 6.92 Å². The largest absolute Gasteiger partial charge is 0.496 e. The molecule has 0 unspecified atom stereocenters. The van der Waals surface area contributed by atoms with Crippen molar-refractivity contribution < 1.29 is 4.74 Å². The SMILES string of the molecule is CCN(Cc1cc(Br)ccc1OC)c1ccc(C)cc1. The molecule has 0 atom stereocenters. The van der Waals surface area contributed by atoms with E-state index in [-0.39, 0.29) is 0 Å². The molecule has 0 aliphatic carbocycles. The number of hydrogen-bond acceptors (Lipinski definition) is 2. The first-order valence-corrected chi connectivity index (χ1v) is 7.57. The molecule has 0 amide bonds. The summed E-state index contributed by atoms with van der Waals surface area (Å²) in [5.74, 6) is 0.929. The van der Waals surface area contributed by atoms with E-state index in [0.29, 0.717) is 0 Å². The molecule has 0 saturated carbocycles. The van der Waals surface area contributed by atoms with E-state index in [0.717, 1.165) is 23.3 Å². The Hall–Kier alpha value is -1.48. The Morgan fingerprint density at radius 3 is 2.40 bits per heavy atom. The first kappa shape index (κ1) is 14.9. The van der Waals surface area contributed by atoms with Crippen molar-refractivity contribution in [1.29, 1.82) is 0 Å². The highest BCUT2D eigenvalue weighted by Crippen LogP contribution is 2.26. The molecular weight excluding hydrogens is 314 g/mol. The Labute approximate surface area is 129 Å². The highest BCUT2D eigenvalue weighted by molar-refractivity contribution is 9.10. The maximum Gasteiger partial charge on any atom is 0.123 e. The molecule has 0 saturated heterocycles. The number of nitrogens with zero attached hydrogens (tertiary/aromatic N) is 1. The van der Waals surface area contributed by atoms with Crippen molar-refractivity contribution >= 4 is 21.6 Å². The van der Waals surface area contributed by atoms with Crippen LogP contribution >= 0.6 is 15.9 Å². The first-order chi connectivity index (χ1) is 9.63. The van der Waals surface area contributed by atoms with E-state index in [1.807, 2.05) is 12.1 Å². The highest BCUT2D eigenvalue weighted by atomic mass is 79.9. The second-order valence-electron chi connectivity index (χ2n) is 4.81. The Morgan fingerprint density at radius 1 is 1.10 bits per heavy atom. The molecule has 0 spiro atoms. The van der Waals surface area contributed by atoms with Crippen LogP contribution in [0.15, 0.2) is 46.9 Å². The van der Waals surface area contributed by atoms with Crippen LogP contribution in [0.1, 0.15) is 18.1 Å². The van der Waals surface area contributed by atoms with Gasteiger partial charge in [-0.15, -0.1) is 0 Å². The molecule has 0 radical (unpaired) electrons. The smallest absolute Gasteiger partial charge is 0.123 e. The zero-order chi connectivity index (χ0) is 14.5. The molecule has 106 valence electrons. The molecule has 0 aromatic heterocycles. The number of anilines is 1. The van der Waals surface area contributed by atoms with Gasteiger partial charge >= 0.3 is 0 Å². The highest BCUT2D eigenvalue weighted by Gasteiger charge is 2.10. The summed E-state index contributed by atoms with van der Waals surface area (Å²) in [4.78, 5) is 2.34. The van der Waals surface area contributed by atoms with Gasteiger partial charge in [0.05, 0.1) is 7.11 Å². The van der Waals surface area contributed by atoms with Crippen molar-refractivity contribution in [2.75, 3.05) is 18.6 Å². The number of benzene rings is 2. The van der Waals surface area contributed by atoms with Crippen LogP contribution in [0.3, 0.4) is 0 Å². The minimum absolute atomic E-state index is 0.835. The van der Waals surface area contributed by atoms with Gasteiger partial charge < -0.3 is 9.64 Å². The second-order valence-corrected chi connectivity index (χ2v) is 5.72. The molecule has 20 heavy (non-hydrogen) atoms. The average Bonchev–Trinajstić information content (AvgIpc) is 2.46. The summed E-state index contributed by atoms with van der Waals surface area (Å²) in [6.45, 7) is 6.07. The lowest BCUT2D eigenvalue weighted by molar-refractivity contribution is 0.409. The number of rotatable bonds is 5. The maximum absolute atomic E-state index is 5.45. The predicted molar refractivity (Wildman–Crippen MR) is 88.6 cm³/mol. The summed E-state index contributed by atoms with van der Waals surface area (Å²) >= 11 is 3.53. The van der Waals surface area contributed by atoms with Gasteiger partial charge in [-0.2, -0.15) is 0 Å². The Kier molecular flexibility index (Phi) is 5.07. The maximum atomic E-state index is 5.45. The number of methoxy groups -OCH3 is 1. The minimum Gasteiger partial charge on any atom is -0.496 e. The molecule has 0 N–H and O–H groups in total. The summed E-state index contributed by atoms with van der Waals surface area (Å²) in [5.41, 5.74) is 3.70. The molecule has 2 aromatic rings. The van der Waals surface area contributed by atoms with Crippen LogP contribution in [0.4, 0.5) is 5.69 Å². The van der Waals surface area contributed by atoms with Crippen LogP contribution < -0.4 is 9.64 Å². The van der Waals surface area contributed by atoms with E-state index in [4.69, 9.17) is 4.74 Å². The molecule has 2 aromatic carbocycles. The van der Waals surface area contributed by atoms with Crippen LogP contribution in [-0.4, -0.2) is 13.7 Å². The Morgan fingerprint density at radius 2 is 1.80 bits per heavy atom. The number of halogens is 1. The van der Waals surface area contributed by atoms with Crippen LogP contribution in [0.2, 0.25) is 0 Å². The predicted octanol–water partition coefficient (Wildman–Crippen LogP) is 4.79. The lowest BCUT2D eigenvalue weighted by atomic mass is 10.1. The summed E-state index contributed by atoms with van der Waals surface area (Å²) in [5, 5.41) is 0. The van der Waals surface area contributed by atoms with Gasteiger partial charge in [0.15, 0.2) is 0 Å². The lowest BCUT2D eigenvalue weighted by Crippen LogP contribution is -2.22. The third kappa shape index (κ3) is 3.54. The standard InChI is InChI=1S/C17H20BrNO/c1-4-19(16-8-5-13(2)6-9-16)12-14-11-15(18)7-10-17(14)20-3/h5-11H,4,12H2,1-3H3. The number of aryl methyl sites for hydroxylation is 1. The third-order valence-corrected chi connectivity index (χ3v) is 3.88. The van der Waals surface area contributed by atoms with Crippen LogP contribution in [0.25, 0.3) is 0 Å². The summed E-state index contributed by atoms with van der Waals surface area (Å²) in [7, 11) is 1.72. The number of ether oxygens (including phenoxy) is 1. The molecular formula is C17H20BrNO. The van der Waals surface area contributed by atoms with Gasteiger partial charge in [0.2, 0.25) is 0 Å². The van der Waals surface area contributed by atoms with Crippen molar-refractivity contribution in [2.45, 2.75) is 20.4 Å². The molecule has 0 bridgehead atoms. The van der Waals surface area contributed by atoms with Crippen molar-refractivity contribution in [3.05, 3.63) is 58.1 Å². The van der Waals surface area contributed by atoms with Crippen LogP contribution in [-0.2, 0) is 6.54 Å². The summed E-state index contributed by atoms with van der Waals surface area (Å²) in [6, 6.07) is 14.8. The topological polar surface area (TPSA) is 12.5 Å². The van der Waals surface area contributed by atoms with Gasteiger partial charge in [-0.3, -0.25) is 0 Å².